The van der Waals surface area contributed by atoms with Crippen molar-refractivity contribution in [3.8, 4) is 0 Å². The maximum absolute atomic E-state index is 11.9. The molecule has 0 aromatic carbocycles. The first-order valence-corrected chi connectivity index (χ1v) is 7.97. The molecule has 0 amide bonds. The molecule has 5 heteroatoms. The highest BCUT2D eigenvalue weighted by Crippen LogP contribution is 2.25. The lowest BCUT2D eigenvalue weighted by atomic mass is 10.2. The first-order valence-electron chi connectivity index (χ1n) is 4.89. The molecule has 0 spiro atoms. The van der Waals surface area contributed by atoms with Crippen LogP contribution in [0, 0.1) is 6.92 Å². The summed E-state index contributed by atoms with van der Waals surface area (Å²) in [6, 6.07) is 0. The molecule has 15 heavy (non-hydrogen) atoms. The molecule has 1 aromatic heterocycles. The molecular formula is C10H13NOS3. The highest BCUT2D eigenvalue weighted by Gasteiger charge is 2.22. The Balaban J connectivity index is 1.91. The Morgan fingerprint density at radius 3 is 3.07 bits per heavy atom. The zero-order valence-electron chi connectivity index (χ0n) is 8.56. The number of nitrogens with zero attached hydrogens (tertiary/aromatic N) is 1. The fourth-order valence-corrected chi connectivity index (χ4v) is 4.72. The monoisotopic (exact) mass is 259 g/mol. The Kier molecular flexibility index (Phi) is 4.11. The Morgan fingerprint density at radius 1 is 1.60 bits per heavy atom. The van der Waals surface area contributed by atoms with Gasteiger partial charge in [0.25, 0.3) is 0 Å². The zero-order valence-corrected chi connectivity index (χ0v) is 11.0. The third-order valence-corrected chi connectivity index (χ3v) is 5.82. The molecular weight excluding hydrogens is 246 g/mol. The molecule has 1 aliphatic heterocycles. The quantitative estimate of drug-likeness (QED) is 0.834. The van der Waals surface area contributed by atoms with Gasteiger partial charge in [-0.25, -0.2) is 4.98 Å². The Morgan fingerprint density at radius 2 is 2.47 bits per heavy atom. The fraction of sp³-hybridized carbons (Fsp3) is 0.600. The number of hydrogen-bond donors (Lipinski definition) is 0. The Hall–Kier alpha value is -0.0000000000000000833. The summed E-state index contributed by atoms with van der Waals surface area (Å²) in [5.74, 6) is 3.62. The molecule has 2 rings (SSSR count). The normalized spacial score (nSPS) is 21.5. The lowest BCUT2D eigenvalue weighted by Crippen LogP contribution is -2.25. The minimum absolute atomic E-state index is 0.200. The molecule has 1 unspecified atom stereocenters. The molecule has 1 fully saturated rings. The lowest BCUT2D eigenvalue weighted by molar-refractivity contribution is -0.117. The summed E-state index contributed by atoms with van der Waals surface area (Å²) in [6.07, 6.45) is 0.516. The number of hydrogen-bond acceptors (Lipinski definition) is 5. The third kappa shape index (κ3) is 3.23. The van der Waals surface area contributed by atoms with Gasteiger partial charge < -0.3 is 0 Å². The van der Waals surface area contributed by atoms with E-state index >= 15 is 0 Å². The molecule has 1 aliphatic rings. The van der Waals surface area contributed by atoms with Crippen molar-refractivity contribution in [1.29, 1.82) is 0 Å². The molecule has 1 atom stereocenters. The van der Waals surface area contributed by atoms with Gasteiger partial charge >= 0.3 is 0 Å². The van der Waals surface area contributed by atoms with Gasteiger partial charge in [-0.15, -0.1) is 23.1 Å². The van der Waals surface area contributed by atoms with Crippen molar-refractivity contribution >= 4 is 40.6 Å². The van der Waals surface area contributed by atoms with Crippen LogP contribution in [0.25, 0.3) is 0 Å². The first kappa shape index (κ1) is 11.5. The van der Waals surface area contributed by atoms with Crippen LogP contribution in [0.1, 0.15) is 10.7 Å². The van der Waals surface area contributed by atoms with Gasteiger partial charge in [-0.05, 0) is 6.92 Å². The number of carbonyl (C=O) groups is 1. The highest BCUT2D eigenvalue weighted by molar-refractivity contribution is 8.07. The van der Waals surface area contributed by atoms with Gasteiger partial charge in [0.2, 0.25) is 0 Å². The van der Waals surface area contributed by atoms with Crippen LogP contribution >= 0.6 is 34.9 Å². The van der Waals surface area contributed by atoms with E-state index in [-0.39, 0.29) is 5.25 Å². The van der Waals surface area contributed by atoms with Gasteiger partial charge in [0, 0.05) is 22.6 Å². The van der Waals surface area contributed by atoms with Gasteiger partial charge in [0.05, 0.1) is 22.4 Å². The number of aryl methyl sites for hydroxylation is 1. The average molecular weight is 259 g/mol. The highest BCUT2D eigenvalue weighted by atomic mass is 32.2. The minimum atomic E-state index is 0.200. The summed E-state index contributed by atoms with van der Waals surface area (Å²) >= 11 is 5.31. The molecule has 82 valence electrons. The first-order chi connectivity index (χ1) is 7.25. The SMILES string of the molecule is Cc1nc(CC(=O)C2CSCCS2)cs1. The van der Waals surface area contributed by atoms with Crippen LogP contribution in [0.2, 0.25) is 0 Å². The van der Waals surface area contributed by atoms with E-state index in [0.29, 0.717) is 12.2 Å². The van der Waals surface area contributed by atoms with E-state index in [1.165, 1.54) is 5.75 Å². The second-order valence-corrected chi connectivity index (χ2v) is 6.96. The topological polar surface area (TPSA) is 30.0 Å². The van der Waals surface area contributed by atoms with E-state index in [4.69, 9.17) is 0 Å². The van der Waals surface area contributed by atoms with E-state index in [1.807, 2.05) is 24.1 Å². The van der Waals surface area contributed by atoms with Crippen LogP contribution in [0.15, 0.2) is 5.38 Å². The second-order valence-electron chi connectivity index (χ2n) is 3.44. The molecule has 0 aliphatic carbocycles. The van der Waals surface area contributed by atoms with Crippen molar-refractivity contribution < 1.29 is 4.79 Å². The van der Waals surface area contributed by atoms with Crippen molar-refractivity contribution in [2.75, 3.05) is 17.3 Å². The van der Waals surface area contributed by atoms with Crippen LogP contribution in [-0.2, 0) is 11.2 Å². The predicted molar refractivity (Wildman–Crippen MR) is 69.1 cm³/mol. The number of carbonyl (C=O) groups excluding carboxylic acids is 1. The van der Waals surface area contributed by atoms with Crippen molar-refractivity contribution in [1.82, 2.24) is 4.98 Å². The van der Waals surface area contributed by atoms with Gasteiger partial charge in [-0.1, -0.05) is 0 Å². The molecule has 0 N–H and O–H groups in total. The summed E-state index contributed by atoms with van der Waals surface area (Å²) in [5, 5.41) is 3.24. The van der Waals surface area contributed by atoms with Crippen LogP contribution < -0.4 is 0 Å². The lowest BCUT2D eigenvalue weighted by Gasteiger charge is -2.19. The van der Waals surface area contributed by atoms with Gasteiger partial charge in [0.15, 0.2) is 5.78 Å². The number of thiazole rings is 1. The molecule has 1 saturated heterocycles. The standard InChI is InChI=1S/C10H13NOS3/c1-7-11-8(5-15-7)4-9(12)10-6-13-2-3-14-10/h5,10H,2-4,6H2,1H3. The van der Waals surface area contributed by atoms with Crippen molar-refractivity contribution in [3.63, 3.8) is 0 Å². The Labute approximate surface area is 102 Å². The summed E-state index contributed by atoms with van der Waals surface area (Å²) in [7, 11) is 0. The summed E-state index contributed by atoms with van der Waals surface area (Å²) < 4.78 is 0. The maximum Gasteiger partial charge on any atom is 0.152 e. The van der Waals surface area contributed by atoms with Gasteiger partial charge in [-0.2, -0.15) is 11.8 Å². The molecule has 0 bridgehead atoms. The van der Waals surface area contributed by atoms with E-state index < -0.39 is 0 Å². The second kappa shape index (κ2) is 5.37. The molecule has 2 nitrogen and oxygen atoms in total. The van der Waals surface area contributed by atoms with Crippen molar-refractivity contribution in [2.24, 2.45) is 0 Å². The largest absolute Gasteiger partial charge is 0.298 e. The number of thioether (sulfide) groups is 2. The molecule has 0 radical (unpaired) electrons. The smallest absolute Gasteiger partial charge is 0.152 e. The summed E-state index contributed by atoms with van der Waals surface area (Å²) in [5.41, 5.74) is 0.943. The van der Waals surface area contributed by atoms with Gasteiger partial charge in [0.1, 0.15) is 0 Å². The molecule has 1 aromatic rings. The third-order valence-electron chi connectivity index (χ3n) is 2.20. The van der Waals surface area contributed by atoms with Crippen molar-refractivity contribution in [2.45, 2.75) is 18.6 Å². The van der Waals surface area contributed by atoms with Gasteiger partial charge in [-0.3, -0.25) is 4.79 Å². The number of aromatic nitrogens is 1. The van der Waals surface area contributed by atoms with Crippen LogP contribution in [0.5, 0.6) is 0 Å². The van der Waals surface area contributed by atoms with E-state index in [0.717, 1.165) is 22.2 Å². The maximum atomic E-state index is 11.9. The molecule has 0 saturated carbocycles. The van der Waals surface area contributed by atoms with E-state index in [2.05, 4.69) is 4.98 Å². The van der Waals surface area contributed by atoms with E-state index in [9.17, 15) is 4.79 Å². The average Bonchev–Trinajstić information content (AvgIpc) is 2.65. The van der Waals surface area contributed by atoms with Crippen molar-refractivity contribution in [3.05, 3.63) is 16.1 Å². The molecule has 2 heterocycles. The summed E-state index contributed by atoms with van der Waals surface area (Å²) in [6.45, 7) is 1.98. The number of ketones is 1. The van der Waals surface area contributed by atoms with Crippen LogP contribution in [0.4, 0.5) is 0 Å². The van der Waals surface area contributed by atoms with Crippen LogP contribution in [-0.4, -0.2) is 33.3 Å². The number of rotatable bonds is 3. The zero-order chi connectivity index (χ0) is 10.7. The predicted octanol–water partition coefficient (Wildman–Crippen LogP) is 2.41. The number of Topliss-reactive ketones (excluding diaryl/α,β-unsaturated/α-hetero) is 1. The Bertz CT molecular complexity index is 344. The van der Waals surface area contributed by atoms with E-state index in [1.54, 1.807) is 23.1 Å². The minimum Gasteiger partial charge on any atom is -0.298 e. The summed E-state index contributed by atoms with van der Waals surface area (Å²) in [4.78, 5) is 16.2. The van der Waals surface area contributed by atoms with Crippen LogP contribution in [0.3, 0.4) is 0 Å². The fourth-order valence-electron chi connectivity index (χ4n) is 1.46.